The highest BCUT2D eigenvalue weighted by atomic mass is 35.5. The lowest BCUT2D eigenvalue weighted by Crippen LogP contribution is -2.29. The first kappa shape index (κ1) is 34.0. The van der Waals surface area contributed by atoms with Gasteiger partial charge in [-0.1, -0.05) is 30.4 Å². The van der Waals surface area contributed by atoms with E-state index in [4.69, 9.17) is 26.0 Å². The Kier molecular flexibility index (Phi) is 9.01. The number of anilines is 2. The van der Waals surface area contributed by atoms with Crippen molar-refractivity contribution in [3.63, 3.8) is 0 Å². The maximum Gasteiger partial charge on any atom is 0.307 e. The Labute approximate surface area is 305 Å². The molecule has 4 atom stereocenters. The van der Waals surface area contributed by atoms with Crippen LogP contribution in [0, 0.1) is 17.2 Å². The van der Waals surface area contributed by atoms with Crippen LogP contribution in [0.5, 0.6) is 0 Å². The van der Waals surface area contributed by atoms with E-state index in [1.54, 1.807) is 12.3 Å². The van der Waals surface area contributed by atoms with Gasteiger partial charge in [-0.15, -0.1) is 11.6 Å². The molecule has 5 heterocycles. The zero-order valence-electron chi connectivity index (χ0n) is 28.7. The van der Waals surface area contributed by atoms with Gasteiger partial charge in [-0.05, 0) is 85.0 Å². The van der Waals surface area contributed by atoms with Crippen molar-refractivity contribution in [1.29, 1.82) is 5.26 Å². The predicted molar refractivity (Wildman–Crippen MR) is 199 cm³/mol. The van der Waals surface area contributed by atoms with E-state index in [-0.39, 0.29) is 12.0 Å². The van der Waals surface area contributed by atoms with E-state index in [1.807, 2.05) is 67.7 Å². The standard InChI is InChI=1S/C40H38ClN7O4/c1-40(41)32(6-3-7-33(40)38-46-34-16-24(14-29(18-42)36(34)52-38)20-47-12-9-28(22-47)39(50)51)26-4-2-5-30(17-26)45-37-35-27(8-11-43-37)15-25(19-44-35)21-48-13-10-31(49)23-48/h2-8,11,14-17,19,28,31,33,49H,9-10,12-13,20-23H2,1H3,(H,43,45)(H,50,51)/t28-,31-,33?,40?/m1/s1. The van der Waals surface area contributed by atoms with Crippen molar-refractivity contribution in [1.82, 2.24) is 24.8 Å². The normalized spacial score (nSPS) is 23.7. The average molecular weight is 716 g/mol. The zero-order valence-corrected chi connectivity index (χ0v) is 29.4. The van der Waals surface area contributed by atoms with Gasteiger partial charge < -0.3 is 19.9 Å². The number of alkyl halides is 1. The first-order valence-corrected chi connectivity index (χ1v) is 17.9. The highest BCUT2D eigenvalue weighted by Gasteiger charge is 2.41. The van der Waals surface area contributed by atoms with Crippen molar-refractivity contribution in [3.05, 3.63) is 107 Å². The Balaban J connectivity index is 1.02. The number of aliphatic carboxylic acids is 1. The smallest absolute Gasteiger partial charge is 0.307 e. The van der Waals surface area contributed by atoms with Gasteiger partial charge in [-0.3, -0.25) is 19.6 Å². The molecule has 1 aliphatic carbocycles. The molecular weight excluding hydrogens is 678 g/mol. The number of aromatic nitrogens is 3. The van der Waals surface area contributed by atoms with Gasteiger partial charge in [0, 0.05) is 56.2 Å². The number of nitrogens with zero attached hydrogens (tertiary/aromatic N) is 6. The molecule has 12 heteroatoms. The molecule has 0 saturated carbocycles. The molecule has 3 aromatic heterocycles. The average Bonchev–Trinajstić information content (AvgIpc) is 3.88. The topological polar surface area (TPSA) is 152 Å². The lowest BCUT2D eigenvalue weighted by Gasteiger charge is -2.33. The lowest BCUT2D eigenvalue weighted by atomic mass is 9.79. The number of benzene rings is 2. The fraction of sp³-hybridized carbons (Fsp3) is 0.325. The molecule has 52 heavy (non-hydrogen) atoms. The van der Waals surface area contributed by atoms with Crippen molar-refractivity contribution in [2.24, 2.45) is 5.92 Å². The van der Waals surface area contributed by atoms with Gasteiger partial charge in [0.25, 0.3) is 0 Å². The van der Waals surface area contributed by atoms with Crippen LogP contribution in [0.2, 0.25) is 0 Å². The summed E-state index contributed by atoms with van der Waals surface area (Å²) in [5.74, 6) is -0.519. The van der Waals surface area contributed by atoms with Gasteiger partial charge in [0.15, 0.2) is 11.4 Å². The number of nitrogens with one attached hydrogen (secondary N) is 1. The van der Waals surface area contributed by atoms with E-state index in [1.165, 1.54) is 0 Å². The molecule has 0 radical (unpaired) electrons. The van der Waals surface area contributed by atoms with Crippen LogP contribution in [0.1, 0.15) is 53.8 Å². The Bertz CT molecular complexity index is 2290. The third kappa shape index (κ3) is 6.66. The Morgan fingerprint density at radius 3 is 2.71 bits per heavy atom. The van der Waals surface area contributed by atoms with Gasteiger partial charge in [-0.2, -0.15) is 5.26 Å². The minimum absolute atomic E-state index is 0.260. The number of pyridine rings is 2. The van der Waals surface area contributed by atoms with Gasteiger partial charge in [0.1, 0.15) is 17.1 Å². The fourth-order valence-corrected chi connectivity index (χ4v) is 8.06. The summed E-state index contributed by atoms with van der Waals surface area (Å²) < 4.78 is 6.29. The van der Waals surface area contributed by atoms with Crippen LogP contribution in [0.25, 0.3) is 27.6 Å². The monoisotopic (exact) mass is 715 g/mol. The van der Waals surface area contributed by atoms with E-state index < -0.39 is 16.8 Å². The molecule has 0 bridgehead atoms. The Hall–Kier alpha value is -5.12. The Morgan fingerprint density at radius 2 is 1.92 bits per heavy atom. The molecule has 2 saturated heterocycles. The fourth-order valence-electron chi connectivity index (χ4n) is 7.72. The number of carboxylic acid groups (broad SMARTS) is 1. The van der Waals surface area contributed by atoms with E-state index in [0.717, 1.165) is 58.4 Å². The molecule has 2 unspecified atom stereocenters. The molecular formula is C40H38ClN7O4. The SMILES string of the molecule is CC1(Cl)C(c2cccc(Nc3nccc4cc(CN5CC[C@@H](O)C5)cnc34)c2)=CC=CC1c1nc2cc(CN3CC[C@@H](C(=O)O)C3)cc(C#N)c2o1. The number of β-amino-alcohol motifs (C(OH)–C–C–N with tert-alkyl or cyclic N) is 1. The van der Waals surface area contributed by atoms with Gasteiger partial charge in [0.05, 0.1) is 28.4 Å². The van der Waals surface area contributed by atoms with Gasteiger partial charge in [-0.25, -0.2) is 9.97 Å². The zero-order chi connectivity index (χ0) is 36.0. The first-order valence-electron chi connectivity index (χ1n) is 17.5. The number of likely N-dealkylation sites (tertiary alicyclic amines) is 2. The molecule has 8 rings (SSSR count). The second kappa shape index (κ2) is 13.8. The van der Waals surface area contributed by atoms with Crippen molar-refractivity contribution in [2.45, 2.75) is 49.8 Å². The number of hydrogen-bond acceptors (Lipinski definition) is 10. The van der Waals surface area contributed by atoms with Crippen molar-refractivity contribution < 1.29 is 19.4 Å². The number of aliphatic hydroxyl groups is 1. The molecule has 3 N–H and O–H groups in total. The molecule has 0 amide bonds. The summed E-state index contributed by atoms with van der Waals surface area (Å²) in [6.07, 6.45) is 10.7. The second-order valence-corrected chi connectivity index (χ2v) is 15.0. The van der Waals surface area contributed by atoms with Crippen LogP contribution in [-0.4, -0.2) is 78.1 Å². The largest absolute Gasteiger partial charge is 0.481 e. The minimum Gasteiger partial charge on any atom is -0.481 e. The number of fused-ring (bicyclic) bond motifs is 2. The number of carbonyl (C=O) groups is 1. The van der Waals surface area contributed by atoms with Crippen molar-refractivity contribution in [2.75, 3.05) is 31.5 Å². The molecule has 2 aromatic carbocycles. The third-order valence-corrected chi connectivity index (χ3v) is 10.8. The van der Waals surface area contributed by atoms with Crippen LogP contribution in [-0.2, 0) is 17.9 Å². The van der Waals surface area contributed by atoms with Gasteiger partial charge >= 0.3 is 5.97 Å². The van der Waals surface area contributed by atoms with E-state index in [2.05, 4.69) is 32.2 Å². The number of allylic oxidation sites excluding steroid dienone is 4. The maximum absolute atomic E-state index is 11.5. The lowest BCUT2D eigenvalue weighted by molar-refractivity contribution is -0.141. The summed E-state index contributed by atoms with van der Waals surface area (Å²) >= 11 is 7.43. The number of rotatable bonds is 9. The summed E-state index contributed by atoms with van der Waals surface area (Å²) in [4.78, 5) is 29.1. The van der Waals surface area contributed by atoms with E-state index in [0.29, 0.717) is 61.0 Å². The number of hydrogen-bond donors (Lipinski definition) is 3. The molecule has 11 nitrogen and oxygen atoms in total. The summed E-state index contributed by atoms with van der Waals surface area (Å²) in [6.45, 7) is 5.94. The summed E-state index contributed by atoms with van der Waals surface area (Å²) in [5.41, 5.74) is 6.73. The number of carboxylic acids is 1. The molecule has 2 fully saturated rings. The molecule has 3 aliphatic rings. The van der Waals surface area contributed by atoms with Crippen LogP contribution in [0.3, 0.4) is 0 Å². The molecule has 264 valence electrons. The number of halogens is 1. The first-order chi connectivity index (χ1) is 25.1. The number of nitriles is 1. The molecule has 5 aromatic rings. The van der Waals surface area contributed by atoms with E-state index >= 15 is 0 Å². The Morgan fingerprint density at radius 1 is 1.10 bits per heavy atom. The van der Waals surface area contributed by atoms with Crippen molar-refractivity contribution >= 4 is 56.7 Å². The van der Waals surface area contributed by atoms with Crippen molar-refractivity contribution in [3.8, 4) is 6.07 Å². The summed E-state index contributed by atoms with van der Waals surface area (Å²) in [5, 5.41) is 33.8. The predicted octanol–water partition coefficient (Wildman–Crippen LogP) is 6.59. The summed E-state index contributed by atoms with van der Waals surface area (Å²) in [7, 11) is 0. The minimum atomic E-state index is -0.938. The highest BCUT2D eigenvalue weighted by molar-refractivity contribution is 6.31. The maximum atomic E-state index is 11.5. The highest BCUT2D eigenvalue weighted by Crippen LogP contribution is 2.48. The van der Waals surface area contributed by atoms with Crippen LogP contribution < -0.4 is 5.32 Å². The number of oxazole rings is 1. The summed E-state index contributed by atoms with van der Waals surface area (Å²) in [6, 6.07) is 18.1. The van der Waals surface area contributed by atoms with E-state index in [9.17, 15) is 20.3 Å². The van der Waals surface area contributed by atoms with Crippen LogP contribution in [0.4, 0.5) is 11.5 Å². The quantitative estimate of drug-likeness (QED) is 0.142. The van der Waals surface area contributed by atoms with Gasteiger partial charge in [0.2, 0.25) is 5.89 Å². The number of aliphatic hydroxyl groups excluding tert-OH is 1. The third-order valence-electron chi connectivity index (χ3n) is 10.4. The van der Waals surface area contributed by atoms with Crippen LogP contribution >= 0.6 is 11.6 Å². The second-order valence-electron chi connectivity index (χ2n) is 14.2. The molecule has 0 spiro atoms. The molecule has 2 aliphatic heterocycles. The van der Waals surface area contributed by atoms with Crippen LogP contribution in [0.15, 0.2) is 83.6 Å².